The maximum Gasteiger partial charge on any atom is 0.258 e. The number of carbonyl (C=O) groups excluding carboxylic acids is 2. The van der Waals surface area contributed by atoms with Crippen LogP contribution >= 0.6 is 0 Å². The summed E-state index contributed by atoms with van der Waals surface area (Å²) in [5, 5.41) is 5.09. The van der Waals surface area contributed by atoms with Crippen molar-refractivity contribution in [2.45, 2.75) is 32.6 Å². The molecule has 0 unspecified atom stereocenters. The van der Waals surface area contributed by atoms with Gasteiger partial charge in [0, 0.05) is 30.5 Å². The lowest BCUT2D eigenvalue weighted by atomic mass is 10.1. The predicted molar refractivity (Wildman–Crippen MR) is 124 cm³/mol. The van der Waals surface area contributed by atoms with Gasteiger partial charge in [-0.25, -0.2) is 0 Å². The van der Waals surface area contributed by atoms with Gasteiger partial charge in [0.05, 0.1) is 12.3 Å². The molecule has 31 heavy (non-hydrogen) atoms. The van der Waals surface area contributed by atoms with Gasteiger partial charge in [0.2, 0.25) is 5.91 Å². The van der Waals surface area contributed by atoms with Crippen LogP contribution in [0.15, 0.2) is 60.7 Å². The van der Waals surface area contributed by atoms with E-state index in [1.54, 1.807) is 4.90 Å². The third-order valence-corrected chi connectivity index (χ3v) is 5.63. The smallest absolute Gasteiger partial charge is 0.258 e. The molecule has 0 spiro atoms. The van der Waals surface area contributed by atoms with Crippen molar-refractivity contribution in [2.75, 3.05) is 24.6 Å². The van der Waals surface area contributed by atoms with Gasteiger partial charge in [-0.15, -0.1) is 0 Å². The fourth-order valence-electron chi connectivity index (χ4n) is 4.13. The Balaban J connectivity index is 1.19. The summed E-state index contributed by atoms with van der Waals surface area (Å²) in [7, 11) is 0. The van der Waals surface area contributed by atoms with Crippen molar-refractivity contribution in [2.24, 2.45) is 0 Å². The van der Waals surface area contributed by atoms with Crippen molar-refractivity contribution < 1.29 is 14.3 Å². The van der Waals surface area contributed by atoms with Crippen LogP contribution in [0.4, 0.5) is 5.69 Å². The highest BCUT2D eigenvalue weighted by Gasteiger charge is 2.28. The number of ether oxygens (including phenoxy) is 1. The van der Waals surface area contributed by atoms with Gasteiger partial charge >= 0.3 is 0 Å². The zero-order valence-electron chi connectivity index (χ0n) is 17.9. The number of carbonyl (C=O) groups is 2. The Morgan fingerprint density at radius 3 is 2.55 bits per heavy atom. The molecule has 1 N–H and O–H groups in total. The summed E-state index contributed by atoms with van der Waals surface area (Å²) in [5.74, 6) is 0.951. The van der Waals surface area contributed by atoms with E-state index in [1.165, 1.54) is 5.56 Å². The fraction of sp³-hybridized carbons (Fsp3) is 0.308. The molecule has 0 fully saturated rings. The lowest BCUT2D eigenvalue weighted by Crippen LogP contribution is -2.30. The molecule has 3 aromatic rings. The van der Waals surface area contributed by atoms with Gasteiger partial charge in [0.1, 0.15) is 5.75 Å². The molecule has 0 aromatic heterocycles. The summed E-state index contributed by atoms with van der Waals surface area (Å²) < 4.78 is 5.45. The van der Waals surface area contributed by atoms with Crippen LogP contribution < -0.4 is 15.0 Å². The Bertz CT molecular complexity index is 1070. The van der Waals surface area contributed by atoms with E-state index in [2.05, 4.69) is 17.4 Å². The number of rotatable bonds is 10. The topological polar surface area (TPSA) is 58.6 Å². The van der Waals surface area contributed by atoms with Gasteiger partial charge in [-0.3, -0.25) is 9.59 Å². The molecule has 0 saturated carbocycles. The van der Waals surface area contributed by atoms with Crippen molar-refractivity contribution >= 4 is 28.3 Å². The molecular weight excluding hydrogens is 388 g/mol. The van der Waals surface area contributed by atoms with Crippen LogP contribution in [0.5, 0.6) is 5.75 Å². The summed E-state index contributed by atoms with van der Waals surface area (Å²) in [6, 6.07) is 19.9. The number of anilines is 1. The molecule has 0 aliphatic carbocycles. The summed E-state index contributed by atoms with van der Waals surface area (Å²) in [5.41, 5.74) is 2.94. The number of benzene rings is 3. The number of nitrogens with one attached hydrogen (secondary N) is 1. The summed E-state index contributed by atoms with van der Waals surface area (Å²) in [6.45, 7) is 3.84. The molecule has 3 aromatic carbocycles. The normalized spacial score (nSPS) is 12.4. The number of nitrogens with zero attached hydrogens (tertiary/aromatic N) is 1. The summed E-state index contributed by atoms with van der Waals surface area (Å²) in [4.78, 5) is 26.8. The van der Waals surface area contributed by atoms with Gasteiger partial charge in [-0.1, -0.05) is 36.4 Å². The SMILES string of the molecule is CCOc1ccc(CCCNC(=O)CCCN2C(=O)c3cccc4cccc2c34)cc1. The van der Waals surface area contributed by atoms with Gasteiger partial charge in [-0.2, -0.15) is 0 Å². The minimum Gasteiger partial charge on any atom is -0.494 e. The van der Waals surface area contributed by atoms with Crippen molar-refractivity contribution in [3.8, 4) is 5.75 Å². The largest absolute Gasteiger partial charge is 0.494 e. The Morgan fingerprint density at radius 1 is 1.00 bits per heavy atom. The monoisotopic (exact) mass is 416 g/mol. The lowest BCUT2D eigenvalue weighted by Gasteiger charge is -2.17. The van der Waals surface area contributed by atoms with Crippen molar-refractivity contribution in [3.63, 3.8) is 0 Å². The Kier molecular flexibility index (Phi) is 6.51. The van der Waals surface area contributed by atoms with Crippen LogP contribution in [0.3, 0.4) is 0 Å². The molecule has 160 valence electrons. The van der Waals surface area contributed by atoms with Crippen LogP contribution in [-0.2, 0) is 11.2 Å². The first-order valence-electron chi connectivity index (χ1n) is 11.0. The summed E-state index contributed by atoms with van der Waals surface area (Å²) >= 11 is 0. The molecule has 4 rings (SSSR count). The van der Waals surface area contributed by atoms with Gasteiger partial charge in [-0.05, 0) is 61.4 Å². The van der Waals surface area contributed by atoms with Crippen molar-refractivity contribution in [1.82, 2.24) is 5.32 Å². The Morgan fingerprint density at radius 2 is 1.77 bits per heavy atom. The van der Waals surface area contributed by atoms with E-state index in [1.807, 2.05) is 55.5 Å². The van der Waals surface area contributed by atoms with Gasteiger partial charge in [0.15, 0.2) is 0 Å². The summed E-state index contributed by atoms with van der Waals surface area (Å²) in [6.07, 6.45) is 2.86. The van der Waals surface area contributed by atoms with Crippen LogP contribution in [0, 0.1) is 0 Å². The predicted octanol–water partition coefficient (Wildman–Crippen LogP) is 4.73. The number of hydrogen-bond donors (Lipinski definition) is 1. The Hall–Kier alpha value is -3.34. The van der Waals surface area contributed by atoms with Crippen molar-refractivity contribution in [3.05, 3.63) is 71.8 Å². The molecule has 1 aliphatic rings. The van der Waals surface area contributed by atoms with Crippen molar-refractivity contribution in [1.29, 1.82) is 0 Å². The minimum absolute atomic E-state index is 0.0302. The molecule has 1 heterocycles. The average molecular weight is 417 g/mol. The van der Waals surface area contributed by atoms with E-state index in [4.69, 9.17) is 4.74 Å². The molecule has 0 atom stereocenters. The molecule has 1 aliphatic heterocycles. The quantitative estimate of drug-likeness (QED) is 0.486. The zero-order chi connectivity index (χ0) is 21.6. The third kappa shape index (κ3) is 4.71. The molecule has 0 radical (unpaired) electrons. The lowest BCUT2D eigenvalue weighted by molar-refractivity contribution is -0.121. The fourth-order valence-corrected chi connectivity index (χ4v) is 4.13. The number of hydrogen-bond acceptors (Lipinski definition) is 3. The van der Waals surface area contributed by atoms with E-state index in [0.717, 1.165) is 40.6 Å². The van der Waals surface area contributed by atoms with E-state index in [9.17, 15) is 9.59 Å². The van der Waals surface area contributed by atoms with E-state index >= 15 is 0 Å². The molecule has 5 heteroatoms. The molecule has 0 saturated heterocycles. The third-order valence-electron chi connectivity index (χ3n) is 5.63. The average Bonchev–Trinajstić information content (AvgIpc) is 3.06. The second-order valence-corrected chi connectivity index (χ2v) is 7.77. The highest BCUT2D eigenvalue weighted by Crippen LogP contribution is 2.37. The molecular formula is C26H28N2O3. The van der Waals surface area contributed by atoms with Crippen LogP contribution in [-0.4, -0.2) is 31.5 Å². The highest BCUT2D eigenvalue weighted by atomic mass is 16.5. The van der Waals surface area contributed by atoms with Gasteiger partial charge in [0.25, 0.3) is 5.91 Å². The van der Waals surface area contributed by atoms with Gasteiger partial charge < -0.3 is 15.0 Å². The maximum absolute atomic E-state index is 12.8. The second-order valence-electron chi connectivity index (χ2n) is 7.77. The highest BCUT2D eigenvalue weighted by molar-refractivity contribution is 6.25. The zero-order valence-corrected chi connectivity index (χ0v) is 17.9. The van der Waals surface area contributed by atoms with E-state index in [-0.39, 0.29) is 11.8 Å². The van der Waals surface area contributed by atoms with Crippen LogP contribution in [0.25, 0.3) is 10.8 Å². The first-order chi connectivity index (χ1) is 15.2. The minimum atomic E-state index is 0.0302. The first kappa shape index (κ1) is 20.9. The Labute approximate surface area is 183 Å². The van der Waals surface area contributed by atoms with Crippen LogP contribution in [0.1, 0.15) is 42.1 Å². The molecule has 5 nitrogen and oxygen atoms in total. The second kappa shape index (κ2) is 9.65. The van der Waals surface area contributed by atoms with Crippen LogP contribution in [0.2, 0.25) is 0 Å². The molecule has 0 bridgehead atoms. The first-order valence-corrected chi connectivity index (χ1v) is 11.0. The maximum atomic E-state index is 12.8. The number of aryl methyl sites for hydroxylation is 1. The van der Waals surface area contributed by atoms with E-state index < -0.39 is 0 Å². The molecule has 2 amide bonds. The number of amides is 2. The standard InChI is InChI=1S/C26H28N2O3/c1-2-31-21-15-13-19(14-16-21)7-5-17-27-24(29)12-6-18-28-23-11-4-9-20-8-3-10-22(25(20)23)26(28)30/h3-4,8-11,13-16H,2,5-7,12,17-18H2,1H3,(H,27,29). The van der Waals surface area contributed by atoms with E-state index in [0.29, 0.717) is 32.5 Å².